The molecule has 0 spiro atoms. The molecule has 0 unspecified atom stereocenters. The number of fused-ring (bicyclic) bond motifs is 1. The van der Waals surface area contributed by atoms with Gasteiger partial charge in [-0.05, 0) is 66.5 Å². The van der Waals surface area contributed by atoms with Crippen LogP contribution in [0.1, 0.15) is 46.6 Å². The second-order valence-electron chi connectivity index (χ2n) is 9.10. The van der Waals surface area contributed by atoms with Crippen molar-refractivity contribution in [3.8, 4) is 5.69 Å². The maximum absolute atomic E-state index is 13.6. The van der Waals surface area contributed by atoms with Gasteiger partial charge in [0.05, 0.1) is 31.6 Å². The Balaban J connectivity index is 1.65. The van der Waals surface area contributed by atoms with Crippen molar-refractivity contribution in [1.82, 2.24) is 25.1 Å². The Hall–Kier alpha value is -3.69. The SMILES string of the molecule is COC(=O)N1CC(=Cc2ccc(F)cc2)c2c(c(C(=O)NN3CCCCC3)nn2-c2ccc(Cl)cc2)C1. The van der Waals surface area contributed by atoms with Crippen molar-refractivity contribution in [2.75, 3.05) is 26.7 Å². The number of nitrogens with one attached hydrogen (secondary N) is 1. The van der Waals surface area contributed by atoms with E-state index in [0.717, 1.165) is 43.5 Å². The van der Waals surface area contributed by atoms with Crippen molar-refractivity contribution in [3.05, 3.63) is 81.9 Å². The first-order chi connectivity index (χ1) is 17.9. The molecule has 0 bridgehead atoms. The minimum absolute atomic E-state index is 0.152. The van der Waals surface area contributed by atoms with E-state index in [1.165, 1.54) is 24.1 Å². The summed E-state index contributed by atoms with van der Waals surface area (Å²) in [5, 5.41) is 7.23. The summed E-state index contributed by atoms with van der Waals surface area (Å²) in [5.41, 5.74) is 6.73. The topological polar surface area (TPSA) is 79.7 Å². The molecule has 2 aromatic carbocycles. The van der Waals surface area contributed by atoms with Crippen LogP contribution in [0.3, 0.4) is 0 Å². The number of amides is 2. The number of hydrogen-bond donors (Lipinski definition) is 1. The van der Waals surface area contributed by atoms with Gasteiger partial charge in [0.15, 0.2) is 5.69 Å². The van der Waals surface area contributed by atoms with E-state index in [4.69, 9.17) is 21.4 Å². The Bertz CT molecular complexity index is 1330. The summed E-state index contributed by atoms with van der Waals surface area (Å²) >= 11 is 6.13. The summed E-state index contributed by atoms with van der Waals surface area (Å²) in [4.78, 5) is 27.6. The molecular weight excluding hydrogens is 497 g/mol. The molecule has 3 heterocycles. The van der Waals surface area contributed by atoms with Crippen molar-refractivity contribution in [1.29, 1.82) is 0 Å². The zero-order valence-corrected chi connectivity index (χ0v) is 21.2. The van der Waals surface area contributed by atoms with Crippen LogP contribution < -0.4 is 5.43 Å². The zero-order valence-electron chi connectivity index (χ0n) is 20.4. The molecule has 37 heavy (non-hydrogen) atoms. The normalized spacial score (nSPS) is 16.9. The predicted molar refractivity (Wildman–Crippen MR) is 139 cm³/mol. The molecule has 2 aliphatic rings. The van der Waals surface area contributed by atoms with Crippen LogP contribution in [0.15, 0.2) is 48.5 Å². The summed E-state index contributed by atoms with van der Waals surface area (Å²) in [6.07, 6.45) is 4.51. The Morgan fingerprint density at radius 2 is 1.73 bits per heavy atom. The molecule has 0 atom stereocenters. The smallest absolute Gasteiger partial charge is 0.410 e. The Labute approximate surface area is 219 Å². The highest BCUT2D eigenvalue weighted by molar-refractivity contribution is 6.30. The van der Waals surface area contributed by atoms with Crippen LogP contribution in [0.5, 0.6) is 0 Å². The van der Waals surface area contributed by atoms with Crippen molar-refractivity contribution in [2.45, 2.75) is 25.8 Å². The van der Waals surface area contributed by atoms with E-state index in [1.54, 1.807) is 28.9 Å². The fourth-order valence-electron chi connectivity index (χ4n) is 4.74. The van der Waals surface area contributed by atoms with Crippen molar-refractivity contribution >= 4 is 35.3 Å². The number of rotatable bonds is 4. The molecule has 0 saturated carbocycles. The third kappa shape index (κ3) is 5.38. The van der Waals surface area contributed by atoms with E-state index in [0.29, 0.717) is 22.0 Å². The van der Waals surface area contributed by atoms with Gasteiger partial charge in [-0.15, -0.1) is 0 Å². The quantitative estimate of drug-likeness (QED) is 0.525. The number of hydrazine groups is 1. The highest BCUT2D eigenvalue weighted by atomic mass is 35.5. The van der Waals surface area contributed by atoms with Crippen LogP contribution in [0.2, 0.25) is 5.02 Å². The Kier molecular flexibility index (Phi) is 7.25. The van der Waals surface area contributed by atoms with Gasteiger partial charge in [0, 0.05) is 23.7 Å². The van der Waals surface area contributed by atoms with Gasteiger partial charge >= 0.3 is 6.09 Å². The number of ether oxygens (including phenoxy) is 1. The van der Waals surface area contributed by atoms with Gasteiger partial charge in [0.2, 0.25) is 0 Å². The van der Waals surface area contributed by atoms with E-state index in [1.807, 2.05) is 23.2 Å². The first-order valence-corrected chi connectivity index (χ1v) is 12.5. The summed E-state index contributed by atoms with van der Waals surface area (Å²) in [5.74, 6) is -0.677. The lowest BCUT2D eigenvalue weighted by Gasteiger charge is -2.29. The highest BCUT2D eigenvalue weighted by Crippen LogP contribution is 2.34. The molecule has 3 aromatic rings. The molecular formula is C27H27ClFN5O3. The van der Waals surface area contributed by atoms with Crippen molar-refractivity contribution in [3.63, 3.8) is 0 Å². The van der Waals surface area contributed by atoms with Gasteiger partial charge in [-0.2, -0.15) is 5.10 Å². The minimum atomic E-state index is -0.516. The largest absolute Gasteiger partial charge is 0.453 e. The molecule has 1 N–H and O–H groups in total. The number of carbonyl (C=O) groups is 2. The van der Waals surface area contributed by atoms with Crippen molar-refractivity contribution in [2.24, 2.45) is 0 Å². The molecule has 0 aliphatic carbocycles. The molecule has 1 aromatic heterocycles. The maximum Gasteiger partial charge on any atom is 0.410 e. The van der Waals surface area contributed by atoms with Crippen LogP contribution in [-0.2, 0) is 11.3 Å². The Morgan fingerprint density at radius 3 is 2.41 bits per heavy atom. The van der Waals surface area contributed by atoms with Crippen molar-refractivity contribution < 1.29 is 18.7 Å². The number of piperidine rings is 1. The highest BCUT2D eigenvalue weighted by Gasteiger charge is 2.34. The van der Waals surface area contributed by atoms with E-state index in [9.17, 15) is 14.0 Å². The fourth-order valence-corrected chi connectivity index (χ4v) is 4.87. The van der Waals surface area contributed by atoms with Gasteiger partial charge in [-0.25, -0.2) is 18.9 Å². The number of nitrogens with zero attached hydrogens (tertiary/aromatic N) is 4. The molecule has 0 radical (unpaired) electrons. The average molecular weight is 524 g/mol. The lowest BCUT2D eigenvalue weighted by molar-refractivity contribution is 0.0741. The third-order valence-electron chi connectivity index (χ3n) is 6.54. The van der Waals surface area contributed by atoms with Crippen LogP contribution in [0.4, 0.5) is 9.18 Å². The third-order valence-corrected chi connectivity index (χ3v) is 6.80. The van der Waals surface area contributed by atoms with Gasteiger partial charge in [-0.3, -0.25) is 15.1 Å². The molecule has 192 valence electrons. The molecule has 10 heteroatoms. The number of benzene rings is 2. The van der Waals surface area contributed by atoms with Crippen LogP contribution in [0.25, 0.3) is 17.3 Å². The van der Waals surface area contributed by atoms with Crippen LogP contribution >= 0.6 is 11.6 Å². The van der Waals surface area contributed by atoms with Crippen LogP contribution in [0, 0.1) is 5.82 Å². The fraction of sp³-hybridized carbons (Fsp3) is 0.296. The molecule has 1 fully saturated rings. The summed E-state index contributed by atoms with van der Waals surface area (Å²) in [7, 11) is 1.32. The number of aromatic nitrogens is 2. The minimum Gasteiger partial charge on any atom is -0.453 e. The van der Waals surface area contributed by atoms with Gasteiger partial charge < -0.3 is 4.74 Å². The summed E-state index contributed by atoms with van der Waals surface area (Å²) < 4.78 is 20.3. The maximum atomic E-state index is 13.6. The second kappa shape index (κ2) is 10.7. The zero-order chi connectivity index (χ0) is 25.9. The molecule has 2 aliphatic heterocycles. The van der Waals surface area contributed by atoms with E-state index in [2.05, 4.69) is 5.43 Å². The average Bonchev–Trinajstić information content (AvgIpc) is 3.30. The van der Waals surface area contributed by atoms with E-state index < -0.39 is 6.09 Å². The standard InChI is InChI=1S/C27H27ClFN5O3/c1-37-27(36)32-16-19(15-18-5-9-21(29)10-6-18)25-23(17-32)24(26(35)31-33-13-3-2-4-14-33)30-34(25)22-11-7-20(28)8-12-22/h5-12,15H,2-4,13-14,16-17H2,1H3,(H,31,35). The number of hydrogen-bond acceptors (Lipinski definition) is 5. The predicted octanol–water partition coefficient (Wildman–Crippen LogP) is 4.92. The Morgan fingerprint density at radius 1 is 1.03 bits per heavy atom. The first kappa shape index (κ1) is 25.0. The van der Waals surface area contributed by atoms with Gasteiger partial charge in [-0.1, -0.05) is 30.2 Å². The monoisotopic (exact) mass is 523 g/mol. The van der Waals surface area contributed by atoms with Gasteiger partial charge in [0.1, 0.15) is 5.82 Å². The molecule has 2 amide bonds. The lowest BCUT2D eigenvalue weighted by atomic mass is 9.97. The number of halogens is 2. The second-order valence-corrected chi connectivity index (χ2v) is 9.54. The number of methoxy groups -OCH3 is 1. The van der Waals surface area contributed by atoms with E-state index in [-0.39, 0.29) is 30.5 Å². The van der Waals surface area contributed by atoms with Crippen LogP contribution in [-0.4, -0.2) is 58.4 Å². The van der Waals surface area contributed by atoms with E-state index >= 15 is 0 Å². The molecule has 5 rings (SSSR count). The summed E-state index contributed by atoms with van der Waals surface area (Å²) in [6, 6.07) is 13.2. The summed E-state index contributed by atoms with van der Waals surface area (Å²) in [6.45, 7) is 1.92. The van der Waals surface area contributed by atoms with Gasteiger partial charge in [0.25, 0.3) is 5.91 Å². The lowest BCUT2D eigenvalue weighted by Crippen LogP contribution is -2.45. The molecule has 8 nitrogen and oxygen atoms in total. The first-order valence-electron chi connectivity index (χ1n) is 12.2. The number of carbonyl (C=O) groups excluding carboxylic acids is 2. The molecule has 1 saturated heterocycles.